The van der Waals surface area contributed by atoms with E-state index in [1.807, 2.05) is 0 Å². The van der Waals surface area contributed by atoms with E-state index in [9.17, 15) is 18.0 Å². The summed E-state index contributed by atoms with van der Waals surface area (Å²) >= 11 is 12.0. The van der Waals surface area contributed by atoms with Gasteiger partial charge in [-0.3, -0.25) is 13.9 Å². The van der Waals surface area contributed by atoms with Gasteiger partial charge in [0, 0.05) is 18.1 Å². The highest BCUT2D eigenvalue weighted by atomic mass is 35.5. The average Bonchev–Trinajstić information content (AvgIpc) is 2.72. The summed E-state index contributed by atoms with van der Waals surface area (Å²) in [5.41, 5.74) is 0.731. The van der Waals surface area contributed by atoms with Gasteiger partial charge in [-0.25, -0.2) is 8.42 Å². The molecule has 1 aliphatic heterocycles. The Kier molecular flexibility index (Phi) is 7.42. The normalized spacial score (nSPS) is 14.2. The summed E-state index contributed by atoms with van der Waals surface area (Å²) in [4.78, 5) is 27.2. The predicted molar refractivity (Wildman–Crippen MR) is 120 cm³/mol. The topological polar surface area (TPSA) is 96.0 Å². The van der Waals surface area contributed by atoms with Crippen molar-refractivity contribution in [2.75, 3.05) is 48.7 Å². The first-order chi connectivity index (χ1) is 14.7. The molecular weight excluding hydrogens is 465 g/mol. The first-order valence-corrected chi connectivity index (χ1v) is 12.0. The summed E-state index contributed by atoms with van der Waals surface area (Å²) in [7, 11) is -3.83. The fourth-order valence-corrected chi connectivity index (χ4v) is 4.53. The molecule has 1 N–H and O–H groups in total. The second-order valence-electron chi connectivity index (χ2n) is 6.86. The van der Waals surface area contributed by atoms with Crippen LogP contribution in [0.4, 0.5) is 11.4 Å². The van der Waals surface area contributed by atoms with Gasteiger partial charge in [0.1, 0.15) is 6.54 Å². The van der Waals surface area contributed by atoms with Crippen LogP contribution in [0.15, 0.2) is 42.5 Å². The first kappa shape index (κ1) is 23.3. The smallest absolute Gasteiger partial charge is 0.256 e. The fraction of sp³-hybridized carbons (Fsp3) is 0.300. The number of amides is 2. The van der Waals surface area contributed by atoms with E-state index in [4.69, 9.17) is 27.9 Å². The van der Waals surface area contributed by atoms with E-state index in [0.29, 0.717) is 42.6 Å². The van der Waals surface area contributed by atoms with E-state index in [2.05, 4.69) is 5.32 Å². The van der Waals surface area contributed by atoms with E-state index in [1.165, 1.54) is 18.2 Å². The number of rotatable bonds is 6. The lowest BCUT2D eigenvalue weighted by atomic mass is 10.1. The number of benzene rings is 2. The molecule has 11 heteroatoms. The Morgan fingerprint density at radius 2 is 1.81 bits per heavy atom. The van der Waals surface area contributed by atoms with E-state index in [0.717, 1.165) is 10.6 Å². The number of nitrogens with one attached hydrogen (secondary N) is 1. The molecule has 2 aromatic carbocycles. The number of nitrogens with zero attached hydrogens (tertiary/aromatic N) is 2. The van der Waals surface area contributed by atoms with Crippen LogP contribution < -0.4 is 9.62 Å². The van der Waals surface area contributed by atoms with Crippen LogP contribution in [0.2, 0.25) is 10.0 Å². The third-order valence-corrected chi connectivity index (χ3v) is 6.26. The van der Waals surface area contributed by atoms with Crippen molar-refractivity contribution in [2.24, 2.45) is 0 Å². The molecule has 0 aliphatic carbocycles. The Morgan fingerprint density at radius 3 is 2.45 bits per heavy atom. The largest absolute Gasteiger partial charge is 0.378 e. The highest BCUT2D eigenvalue weighted by Crippen LogP contribution is 2.30. The van der Waals surface area contributed by atoms with E-state index >= 15 is 0 Å². The van der Waals surface area contributed by atoms with Crippen LogP contribution >= 0.6 is 23.2 Å². The number of para-hydroxylation sites is 1. The second-order valence-corrected chi connectivity index (χ2v) is 9.61. The number of carbonyl (C=O) groups is 2. The molecule has 1 aliphatic rings. The van der Waals surface area contributed by atoms with Gasteiger partial charge < -0.3 is 15.0 Å². The number of hydrogen-bond donors (Lipinski definition) is 1. The predicted octanol–water partition coefficient (Wildman–Crippen LogP) is 2.87. The zero-order chi connectivity index (χ0) is 22.6. The molecular formula is C20H21Cl2N3O5S. The van der Waals surface area contributed by atoms with E-state index in [1.54, 1.807) is 29.2 Å². The minimum Gasteiger partial charge on any atom is -0.378 e. The number of sulfonamides is 1. The minimum absolute atomic E-state index is 0.0913. The van der Waals surface area contributed by atoms with Gasteiger partial charge in [0.2, 0.25) is 15.9 Å². The van der Waals surface area contributed by atoms with Crippen LogP contribution in [-0.4, -0.2) is 64.2 Å². The monoisotopic (exact) mass is 485 g/mol. The van der Waals surface area contributed by atoms with Crippen LogP contribution in [0.1, 0.15) is 10.4 Å². The van der Waals surface area contributed by atoms with Gasteiger partial charge >= 0.3 is 0 Å². The molecule has 1 saturated heterocycles. The molecule has 0 aromatic heterocycles. The Balaban J connectivity index is 1.81. The molecule has 1 fully saturated rings. The SMILES string of the molecule is CS(=O)(=O)N(CC(=O)Nc1ccccc1C(=O)N1CCOCC1)c1ccc(Cl)cc1Cl. The quantitative estimate of drug-likeness (QED) is 0.678. The summed E-state index contributed by atoms with van der Waals surface area (Å²) in [6.45, 7) is 1.28. The molecule has 3 rings (SSSR count). The van der Waals surface area contributed by atoms with Crippen LogP contribution in [0.5, 0.6) is 0 Å². The summed E-state index contributed by atoms with van der Waals surface area (Å²) in [6, 6.07) is 10.9. The van der Waals surface area contributed by atoms with Gasteiger partial charge in [-0.05, 0) is 30.3 Å². The molecule has 2 amide bonds. The summed E-state index contributed by atoms with van der Waals surface area (Å²) in [5, 5.41) is 3.07. The molecule has 0 unspecified atom stereocenters. The molecule has 0 spiro atoms. The molecule has 1 heterocycles. The zero-order valence-corrected chi connectivity index (χ0v) is 19.0. The average molecular weight is 486 g/mol. The van der Waals surface area contributed by atoms with Gasteiger partial charge in [-0.1, -0.05) is 35.3 Å². The summed E-state index contributed by atoms with van der Waals surface area (Å²) in [5.74, 6) is -0.862. The van der Waals surface area contributed by atoms with Crippen LogP contribution in [0.3, 0.4) is 0 Å². The maximum atomic E-state index is 12.9. The molecule has 2 aromatic rings. The van der Waals surface area contributed by atoms with Crippen molar-refractivity contribution in [3.8, 4) is 0 Å². The number of carbonyl (C=O) groups excluding carboxylic acids is 2. The second kappa shape index (κ2) is 9.86. The van der Waals surface area contributed by atoms with Crippen molar-refractivity contribution in [1.29, 1.82) is 0 Å². The Hall–Kier alpha value is -2.33. The number of hydrogen-bond acceptors (Lipinski definition) is 5. The molecule has 166 valence electrons. The van der Waals surface area contributed by atoms with Crippen LogP contribution in [-0.2, 0) is 19.6 Å². The van der Waals surface area contributed by atoms with E-state index in [-0.39, 0.29) is 16.6 Å². The van der Waals surface area contributed by atoms with Crippen molar-refractivity contribution in [2.45, 2.75) is 0 Å². The Labute approximate surface area is 190 Å². The number of halogens is 2. The number of morpholine rings is 1. The lowest BCUT2D eigenvalue weighted by molar-refractivity contribution is -0.114. The number of anilines is 2. The van der Waals surface area contributed by atoms with Crippen LogP contribution in [0, 0.1) is 0 Å². The summed E-state index contributed by atoms with van der Waals surface area (Å²) in [6.07, 6.45) is 0.973. The van der Waals surface area contributed by atoms with Gasteiger partial charge in [-0.15, -0.1) is 0 Å². The van der Waals surface area contributed by atoms with Crippen molar-refractivity contribution in [3.63, 3.8) is 0 Å². The van der Waals surface area contributed by atoms with E-state index < -0.39 is 22.5 Å². The van der Waals surface area contributed by atoms with Crippen molar-refractivity contribution in [1.82, 2.24) is 4.90 Å². The molecule has 0 bridgehead atoms. The van der Waals surface area contributed by atoms with Gasteiger partial charge in [0.05, 0.1) is 41.4 Å². The molecule has 0 radical (unpaired) electrons. The van der Waals surface area contributed by atoms with Crippen molar-refractivity contribution >= 4 is 56.4 Å². The molecule has 0 atom stereocenters. The highest BCUT2D eigenvalue weighted by molar-refractivity contribution is 7.92. The standard InChI is InChI=1S/C20H21Cl2N3O5S/c1-31(28,29)25(18-7-6-14(21)12-16(18)22)13-19(26)23-17-5-3-2-4-15(17)20(27)24-8-10-30-11-9-24/h2-7,12H,8-11,13H2,1H3,(H,23,26). The highest BCUT2D eigenvalue weighted by Gasteiger charge is 2.25. The van der Waals surface area contributed by atoms with Crippen molar-refractivity contribution in [3.05, 3.63) is 58.1 Å². The van der Waals surface area contributed by atoms with Gasteiger partial charge in [0.25, 0.3) is 5.91 Å². The third-order valence-electron chi connectivity index (χ3n) is 4.60. The molecule has 8 nitrogen and oxygen atoms in total. The first-order valence-electron chi connectivity index (χ1n) is 9.35. The lowest BCUT2D eigenvalue weighted by Gasteiger charge is -2.28. The van der Waals surface area contributed by atoms with Crippen molar-refractivity contribution < 1.29 is 22.7 Å². The zero-order valence-electron chi connectivity index (χ0n) is 16.7. The summed E-state index contributed by atoms with van der Waals surface area (Å²) < 4.78 is 30.8. The molecule has 31 heavy (non-hydrogen) atoms. The minimum atomic E-state index is -3.83. The molecule has 0 saturated carbocycles. The van der Waals surface area contributed by atoms with Gasteiger partial charge in [0.15, 0.2) is 0 Å². The third kappa shape index (κ3) is 5.88. The Bertz CT molecular complexity index is 1090. The Morgan fingerprint density at radius 1 is 1.13 bits per heavy atom. The number of ether oxygens (including phenoxy) is 1. The van der Waals surface area contributed by atoms with Crippen LogP contribution in [0.25, 0.3) is 0 Å². The maximum Gasteiger partial charge on any atom is 0.256 e. The lowest BCUT2D eigenvalue weighted by Crippen LogP contribution is -2.41. The van der Waals surface area contributed by atoms with Gasteiger partial charge in [-0.2, -0.15) is 0 Å². The maximum absolute atomic E-state index is 12.9. The fourth-order valence-electron chi connectivity index (χ4n) is 3.10.